The second-order valence-corrected chi connectivity index (χ2v) is 3.86. The van der Waals surface area contributed by atoms with Crippen LogP contribution in [0, 0.1) is 0 Å². The Morgan fingerprint density at radius 2 is 2.38 bits per heavy atom. The third kappa shape index (κ3) is 6.86. The molecule has 0 spiro atoms. The highest BCUT2D eigenvalue weighted by Crippen LogP contribution is 2.01. The lowest BCUT2D eigenvalue weighted by Crippen LogP contribution is -2.43. The Balaban J connectivity index is 3.61. The van der Waals surface area contributed by atoms with Gasteiger partial charge in [0.1, 0.15) is 0 Å². The van der Waals surface area contributed by atoms with E-state index < -0.39 is 0 Å². The Morgan fingerprint density at radius 3 is 2.85 bits per heavy atom. The fourth-order valence-corrected chi connectivity index (χ4v) is 1.64. The van der Waals surface area contributed by atoms with E-state index in [0.717, 1.165) is 13.0 Å². The van der Waals surface area contributed by atoms with Gasteiger partial charge in [-0.2, -0.15) is 11.8 Å². The Morgan fingerprint density at radius 1 is 1.69 bits per heavy atom. The third-order valence-electron chi connectivity index (χ3n) is 1.50. The molecule has 0 aliphatic carbocycles. The van der Waals surface area contributed by atoms with E-state index in [1.807, 2.05) is 6.92 Å². The van der Waals surface area contributed by atoms with Crippen molar-refractivity contribution in [1.29, 1.82) is 0 Å². The monoisotopic (exact) mass is 206 g/mol. The molecule has 4 N–H and O–H groups in total. The molecule has 4 nitrogen and oxygen atoms in total. The topological polar surface area (TPSA) is 75.3 Å². The van der Waals surface area contributed by atoms with Crippen molar-refractivity contribution in [3.05, 3.63) is 0 Å². The number of hydrogen-bond acceptors (Lipinski definition) is 4. The number of aliphatic hydroxyl groups excluding tert-OH is 1. The summed E-state index contributed by atoms with van der Waals surface area (Å²) in [5, 5.41) is 11.6. The van der Waals surface area contributed by atoms with Crippen molar-refractivity contribution >= 4 is 17.7 Å². The Hall–Kier alpha value is -0.260. The van der Waals surface area contributed by atoms with E-state index >= 15 is 0 Å². The van der Waals surface area contributed by atoms with Crippen molar-refractivity contribution in [3.63, 3.8) is 0 Å². The second kappa shape index (κ2) is 8.34. The van der Waals surface area contributed by atoms with Crippen LogP contribution in [-0.4, -0.2) is 41.7 Å². The van der Waals surface area contributed by atoms with Crippen LogP contribution in [0.2, 0.25) is 0 Å². The molecular formula is C8H18N2O2S. The molecule has 0 saturated heterocycles. The molecule has 0 aromatic carbocycles. The SMILES string of the molecule is CCCNC(CSCCO)C(N)=O. The lowest BCUT2D eigenvalue weighted by molar-refractivity contribution is -0.119. The van der Waals surface area contributed by atoms with Gasteiger partial charge in [0.2, 0.25) is 5.91 Å². The first-order chi connectivity index (χ1) is 6.22. The van der Waals surface area contributed by atoms with Gasteiger partial charge >= 0.3 is 0 Å². The number of nitrogens with two attached hydrogens (primary N) is 1. The normalized spacial score (nSPS) is 12.8. The molecule has 0 fully saturated rings. The minimum atomic E-state index is -0.320. The maximum atomic E-state index is 10.9. The minimum Gasteiger partial charge on any atom is -0.396 e. The lowest BCUT2D eigenvalue weighted by Gasteiger charge is -2.13. The van der Waals surface area contributed by atoms with Crippen LogP contribution in [-0.2, 0) is 4.79 Å². The molecule has 1 atom stereocenters. The molecule has 0 rings (SSSR count). The predicted molar refractivity (Wildman–Crippen MR) is 55.7 cm³/mol. The van der Waals surface area contributed by atoms with E-state index in [1.54, 1.807) is 0 Å². The zero-order valence-corrected chi connectivity index (χ0v) is 8.77. The Kier molecular flexibility index (Phi) is 8.18. The number of carbonyl (C=O) groups excluding carboxylic acids is 1. The van der Waals surface area contributed by atoms with E-state index in [4.69, 9.17) is 10.8 Å². The second-order valence-electron chi connectivity index (χ2n) is 2.71. The van der Waals surface area contributed by atoms with Crippen molar-refractivity contribution in [1.82, 2.24) is 5.32 Å². The first-order valence-corrected chi connectivity index (χ1v) is 5.59. The number of hydrogen-bond donors (Lipinski definition) is 3. The van der Waals surface area contributed by atoms with Crippen LogP contribution < -0.4 is 11.1 Å². The molecule has 13 heavy (non-hydrogen) atoms. The molecule has 0 radical (unpaired) electrons. The van der Waals surface area contributed by atoms with Gasteiger partial charge in [-0.3, -0.25) is 4.79 Å². The molecule has 0 saturated carbocycles. The van der Waals surface area contributed by atoms with E-state index in [-0.39, 0.29) is 18.6 Å². The first kappa shape index (κ1) is 12.7. The van der Waals surface area contributed by atoms with Gasteiger partial charge in [-0.25, -0.2) is 0 Å². The molecule has 0 aromatic heterocycles. The number of thioether (sulfide) groups is 1. The van der Waals surface area contributed by atoms with Crippen molar-refractivity contribution in [3.8, 4) is 0 Å². The summed E-state index contributed by atoms with van der Waals surface area (Å²) in [7, 11) is 0. The number of primary amides is 1. The Bertz CT molecular complexity index is 144. The molecule has 0 heterocycles. The number of nitrogens with one attached hydrogen (secondary N) is 1. The summed E-state index contributed by atoms with van der Waals surface area (Å²) in [6.07, 6.45) is 0.981. The van der Waals surface area contributed by atoms with Crippen LogP contribution in [0.3, 0.4) is 0 Å². The summed E-state index contributed by atoms with van der Waals surface area (Å²) in [6.45, 7) is 2.98. The van der Waals surface area contributed by atoms with Gasteiger partial charge in [-0.15, -0.1) is 0 Å². The van der Waals surface area contributed by atoms with Gasteiger partial charge in [0, 0.05) is 11.5 Å². The largest absolute Gasteiger partial charge is 0.396 e. The molecule has 0 bridgehead atoms. The molecule has 1 amide bonds. The summed E-state index contributed by atoms with van der Waals surface area (Å²) < 4.78 is 0. The average Bonchev–Trinajstić information content (AvgIpc) is 2.10. The van der Waals surface area contributed by atoms with Crippen LogP contribution in [0.25, 0.3) is 0 Å². The molecule has 0 aliphatic heterocycles. The summed E-state index contributed by atoms with van der Waals surface area (Å²) in [5.74, 6) is 0.965. The quantitative estimate of drug-likeness (QED) is 0.471. The lowest BCUT2D eigenvalue weighted by atomic mass is 10.3. The molecule has 1 unspecified atom stereocenters. The zero-order chi connectivity index (χ0) is 10.1. The molecule has 5 heteroatoms. The summed E-state index contributed by atoms with van der Waals surface area (Å²) in [5.41, 5.74) is 5.18. The van der Waals surface area contributed by atoms with Crippen LogP contribution >= 0.6 is 11.8 Å². The van der Waals surface area contributed by atoms with Gasteiger partial charge in [0.15, 0.2) is 0 Å². The van der Waals surface area contributed by atoms with Gasteiger partial charge in [-0.1, -0.05) is 6.92 Å². The molecule has 0 aromatic rings. The third-order valence-corrected chi connectivity index (χ3v) is 2.54. The van der Waals surface area contributed by atoms with Crippen LogP contribution in [0.1, 0.15) is 13.3 Å². The highest BCUT2D eigenvalue weighted by atomic mass is 32.2. The summed E-state index contributed by atoms with van der Waals surface area (Å²) in [6, 6.07) is -0.267. The van der Waals surface area contributed by atoms with Crippen LogP contribution in [0.15, 0.2) is 0 Å². The minimum absolute atomic E-state index is 0.143. The first-order valence-electron chi connectivity index (χ1n) is 4.43. The highest BCUT2D eigenvalue weighted by Gasteiger charge is 2.13. The van der Waals surface area contributed by atoms with Crippen molar-refractivity contribution < 1.29 is 9.90 Å². The number of carbonyl (C=O) groups is 1. The molecule has 78 valence electrons. The van der Waals surface area contributed by atoms with E-state index in [0.29, 0.717) is 11.5 Å². The number of rotatable bonds is 8. The number of aliphatic hydroxyl groups is 1. The highest BCUT2D eigenvalue weighted by molar-refractivity contribution is 7.99. The smallest absolute Gasteiger partial charge is 0.235 e. The van der Waals surface area contributed by atoms with E-state index in [1.165, 1.54) is 11.8 Å². The van der Waals surface area contributed by atoms with Crippen LogP contribution in [0.5, 0.6) is 0 Å². The molecule has 0 aliphatic rings. The van der Waals surface area contributed by atoms with Gasteiger partial charge in [0.25, 0.3) is 0 Å². The van der Waals surface area contributed by atoms with Crippen molar-refractivity contribution in [2.45, 2.75) is 19.4 Å². The summed E-state index contributed by atoms with van der Waals surface area (Å²) in [4.78, 5) is 10.9. The zero-order valence-electron chi connectivity index (χ0n) is 7.95. The van der Waals surface area contributed by atoms with Gasteiger partial charge in [-0.05, 0) is 13.0 Å². The van der Waals surface area contributed by atoms with Crippen LogP contribution in [0.4, 0.5) is 0 Å². The fraction of sp³-hybridized carbons (Fsp3) is 0.875. The maximum absolute atomic E-state index is 10.9. The van der Waals surface area contributed by atoms with E-state index in [9.17, 15) is 4.79 Å². The number of amides is 1. The molecular weight excluding hydrogens is 188 g/mol. The summed E-state index contributed by atoms with van der Waals surface area (Å²) >= 11 is 1.53. The van der Waals surface area contributed by atoms with Crippen molar-refractivity contribution in [2.24, 2.45) is 5.73 Å². The van der Waals surface area contributed by atoms with Gasteiger partial charge in [0.05, 0.1) is 12.6 Å². The predicted octanol–water partition coefficient (Wildman–Crippen LogP) is -0.435. The van der Waals surface area contributed by atoms with Gasteiger partial charge < -0.3 is 16.2 Å². The van der Waals surface area contributed by atoms with E-state index in [2.05, 4.69) is 5.32 Å². The standard InChI is InChI=1S/C8H18N2O2S/c1-2-3-10-7(8(9)12)6-13-5-4-11/h7,10-11H,2-6H2,1H3,(H2,9,12). The Labute approximate surface area is 83.3 Å². The average molecular weight is 206 g/mol. The fourth-order valence-electron chi connectivity index (χ4n) is 0.826. The maximum Gasteiger partial charge on any atom is 0.235 e. The van der Waals surface area contributed by atoms with Crippen molar-refractivity contribution in [2.75, 3.05) is 24.7 Å².